The smallest absolute Gasteiger partial charge is 0.431 e. The van der Waals surface area contributed by atoms with Gasteiger partial charge in [-0.3, -0.25) is 0 Å². The zero-order chi connectivity index (χ0) is 15.1. The van der Waals surface area contributed by atoms with Crippen molar-refractivity contribution < 1.29 is 41.3 Å². The number of aliphatic hydroxyl groups is 1. The van der Waals surface area contributed by atoms with Crippen molar-refractivity contribution in [1.82, 2.24) is 0 Å². The quantitative estimate of drug-likeness (QED) is 0.365. The summed E-state index contributed by atoms with van der Waals surface area (Å²) < 4.78 is 71.8. The molecule has 0 aromatic carbocycles. The number of esters is 1. The molecule has 9 heteroatoms. The van der Waals surface area contributed by atoms with Gasteiger partial charge < -0.3 is 14.6 Å². The van der Waals surface area contributed by atoms with Gasteiger partial charge >= 0.3 is 23.9 Å². The third kappa shape index (κ3) is 2.47. The van der Waals surface area contributed by atoms with Crippen molar-refractivity contribution in [2.24, 2.45) is 0 Å². The Morgan fingerprint density at radius 3 is 2.42 bits per heavy atom. The minimum atomic E-state index is -5.70. The van der Waals surface area contributed by atoms with Gasteiger partial charge in [0.1, 0.15) is 6.26 Å². The van der Waals surface area contributed by atoms with Crippen molar-refractivity contribution in [3.05, 3.63) is 24.0 Å². The first-order valence-electron chi connectivity index (χ1n) is 4.80. The molecule has 0 radical (unpaired) electrons. The van der Waals surface area contributed by atoms with E-state index in [1.807, 2.05) is 0 Å². The summed E-state index contributed by atoms with van der Waals surface area (Å²) in [5.41, 5.74) is -1.44. The summed E-state index contributed by atoms with van der Waals surface area (Å²) in [6.07, 6.45) is -5.58. The number of carbonyl (C=O) groups excluding carboxylic acids is 1. The van der Waals surface area contributed by atoms with Crippen LogP contribution < -0.4 is 0 Å². The molecular weight excluding hydrogens is 279 g/mol. The zero-order valence-electron chi connectivity index (χ0n) is 9.55. The summed E-state index contributed by atoms with van der Waals surface area (Å²) >= 11 is 0. The standard InChI is InChI=1S/C10H9F5O4/c1-5(2)7(16)18-3-6-4-19-9(17,8(6,11)12)10(13,14)15/h3,17H,1,4H2,2H3/b6-3-. The summed E-state index contributed by atoms with van der Waals surface area (Å²) in [5, 5.41) is 8.90. The molecule has 1 aliphatic rings. The Labute approximate surface area is 104 Å². The third-order valence-electron chi connectivity index (χ3n) is 2.31. The SMILES string of the molecule is C=C(C)C(=O)O/C=C1/COC(O)(C(F)(F)F)C1(F)F. The van der Waals surface area contributed by atoms with Crippen LogP contribution in [0.5, 0.6) is 0 Å². The van der Waals surface area contributed by atoms with Crippen LogP contribution >= 0.6 is 0 Å². The van der Waals surface area contributed by atoms with E-state index < -0.39 is 36.0 Å². The van der Waals surface area contributed by atoms with E-state index in [9.17, 15) is 26.7 Å². The highest BCUT2D eigenvalue weighted by Crippen LogP contribution is 2.51. The Bertz CT molecular complexity index is 440. The lowest BCUT2D eigenvalue weighted by Crippen LogP contribution is -2.56. The molecule has 1 aliphatic heterocycles. The predicted molar refractivity (Wildman–Crippen MR) is 50.9 cm³/mol. The third-order valence-corrected chi connectivity index (χ3v) is 2.31. The van der Waals surface area contributed by atoms with Gasteiger partial charge in [0.25, 0.3) is 0 Å². The number of hydrogen-bond acceptors (Lipinski definition) is 4. The Balaban J connectivity index is 3.01. The lowest BCUT2D eigenvalue weighted by Gasteiger charge is -2.29. The van der Waals surface area contributed by atoms with Gasteiger partial charge in [0, 0.05) is 5.57 Å². The van der Waals surface area contributed by atoms with Crippen molar-refractivity contribution in [2.75, 3.05) is 6.61 Å². The first-order valence-corrected chi connectivity index (χ1v) is 4.80. The molecule has 1 N–H and O–H groups in total. The molecule has 19 heavy (non-hydrogen) atoms. The van der Waals surface area contributed by atoms with E-state index in [2.05, 4.69) is 16.1 Å². The fraction of sp³-hybridized carbons (Fsp3) is 0.500. The van der Waals surface area contributed by atoms with Gasteiger partial charge in [-0.2, -0.15) is 22.0 Å². The lowest BCUT2D eigenvalue weighted by molar-refractivity contribution is -0.399. The van der Waals surface area contributed by atoms with E-state index in [4.69, 9.17) is 5.11 Å². The molecule has 0 aromatic heterocycles. The van der Waals surface area contributed by atoms with Crippen molar-refractivity contribution in [1.29, 1.82) is 0 Å². The number of alkyl halides is 5. The van der Waals surface area contributed by atoms with Crippen LogP contribution in [0.25, 0.3) is 0 Å². The fourth-order valence-corrected chi connectivity index (χ4v) is 1.17. The largest absolute Gasteiger partial charge is 0.450 e. The second-order valence-electron chi connectivity index (χ2n) is 3.83. The van der Waals surface area contributed by atoms with Crippen LogP contribution in [0.3, 0.4) is 0 Å². The van der Waals surface area contributed by atoms with Crippen LogP contribution in [0, 0.1) is 0 Å². The highest BCUT2D eigenvalue weighted by atomic mass is 19.4. The minimum absolute atomic E-state index is 0.126. The number of hydrogen-bond donors (Lipinski definition) is 1. The second kappa shape index (κ2) is 4.57. The van der Waals surface area contributed by atoms with Crippen LogP contribution in [-0.2, 0) is 14.3 Å². The van der Waals surface area contributed by atoms with Crippen LogP contribution in [0.2, 0.25) is 0 Å². The van der Waals surface area contributed by atoms with Crippen molar-refractivity contribution >= 4 is 5.97 Å². The first-order chi connectivity index (χ1) is 8.43. The van der Waals surface area contributed by atoms with Gasteiger partial charge in [-0.25, -0.2) is 4.79 Å². The molecule has 0 amide bonds. The molecule has 1 saturated heterocycles. The molecule has 0 aromatic rings. The number of ether oxygens (including phenoxy) is 2. The van der Waals surface area contributed by atoms with Crippen LogP contribution in [0.1, 0.15) is 6.92 Å². The molecule has 4 nitrogen and oxygen atoms in total. The molecule has 1 unspecified atom stereocenters. The van der Waals surface area contributed by atoms with E-state index in [-0.39, 0.29) is 11.8 Å². The van der Waals surface area contributed by atoms with E-state index in [1.54, 1.807) is 0 Å². The summed E-state index contributed by atoms with van der Waals surface area (Å²) in [6, 6.07) is 0. The number of rotatable bonds is 2. The Morgan fingerprint density at radius 2 is 2.05 bits per heavy atom. The summed E-state index contributed by atoms with van der Waals surface area (Å²) in [4.78, 5) is 10.9. The Hall–Kier alpha value is -1.48. The number of carbonyl (C=O) groups is 1. The van der Waals surface area contributed by atoms with E-state index in [0.717, 1.165) is 0 Å². The maximum Gasteiger partial charge on any atom is 0.450 e. The van der Waals surface area contributed by atoms with Crippen molar-refractivity contribution in [2.45, 2.75) is 24.8 Å². The molecule has 1 rings (SSSR count). The van der Waals surface area contributed by atoms with E-state index in [1.165, 1.54) is 6.92 Å². The topological polar surface area (TPSA) is 55.8 Å². The van der Waals surface area contributed by atoms with E-state index in [0.29, 0.717) is 0 Å². The molecule has 108 valence electrons. The molecule has 0 aliphatic carbocycles. The van der Waals surface area contributed by atoms with Gasteiger partial charge in [0.05, 0.1) is 12.2 Å². The van der Waals surface area contributed by atoms with Gasteiger partial charge in [0.2, 0.25) is 0 Å². The molecule has 1 fully saturated rings. The molecule has 1 heterocycles. The fourth-order valence-electron chi connectivity index (χ4n) is 1.17. The normalized spacial score (nSPS) is 28.5. The average molecular weight is 288 g/mol. The first kappa shape index (κ1) is 15.6. The lowest BCUT2D eigenvalue weighted by atomic mass is 10.0. The summed E-state index contributed by atoms with van der Waals surface area (Å²) in [5.74, 6) is -10.5. The van der Waals surface area contributed by atoms with Crippen molar-refractivity contribution in [3.63, 3.8) is 0 Å². The molecule has 0 bridgehead atoms. The summed E-state index contributed by atoms with van der Waals surface area (Å²) in [6.45, 7) is 3.14. The van der Waals surface area contributed by atoms with Crippen LogP contribution in [0.15, 0.2) is 24.0 Å². The summed E-state index contributed by atoms with van der Waals surface area (Å²) in [7, 11) is 0. The van der Waals surface area contributed by atoms with Gasteiger partial charge in [0.15, 0.2) is 0 Å². The monoisotopic (exact) mass is 288 g/mol. The Morgan fingerprint density at radius 1 is 1.53 bits per heavy atom. The van der Waals surface area contributed by atoms with Gasteiger partial charge in [-0.1, -0.05) is 6.58 Å². The highest BCUT2D eigenvalue weighted by Gasteiger charge is 2.75. The molecular formula is C10H9F5O4. The highest BCUT2D eigenvalue weighted by molar-refractivity contribution is 5.87. The Kier molecular flexibility index (Phi) is 3.74. The zero-order valence-corrected chi connectivity index (χ0v) is 9.55. The van der Waals surface area contributed by atoms with Gasteiger partial charge in [-0.15, -0.1) is 0 Å². The molecule has 1 atom stereocenters. The predicted octanol–water partition coefficient (Wildman–Crippen LogP) is 1.91. The maximum absolute atomic E-state index is 13.4. The number of halogens is 5. The molecule has 0 saturated carbocycles. The van der Waals surface area contributed by atoms with Gasteiger partial charge in [-0.05, 0) is 6.92 Å². The molecule has 0 spiro atoms. The van der Waals surface area contributed by atoms with Crippen molar-refractivity contribution in [3.8, 4) is 0 Å². The van der Waals surface area contributed by atoms with Crippen LogP contribution in [0.4, 0.5) is 22.0 Å². The average Bonchev–Trinajstić information content (AvgIpc) is 2.48. The second-order valence-corrected chi connectivity index (χ2v) is 3.83. The minimum Gasteiger partial charge on any atom is -0.431 e. The van der Waals surface area contributed by atoms with E-state index >= 15 is 0 Å². The maximum atomic E-state index is 13.4. The van der Waals surface area contributed by atoms with Crippen LogP contribution in [-0.4, -0.2) is 35.6 Å².